The Labute approximate surface area is 159 Å². The van der Waals surface area contributed by atoms with E-state index >= 15 is 0 Å². The van der Waals surface area contributed by atoms with Gasteiger partial charge >= 0.3 is 12.1 Å². The molecule has 10 heteroatoms. The van der Waals surface area contributed by atoms with Crippen LogP contribution in [0.1, 0.15) is 28.3 Å². The van der Waals surface area contributed by atoms with Gasteiger partial charge in [-0.3, -0.25) is 0 Å². The van der Waals surface area contributed by atoms with Crippen molar-refractivity contribution in [3.63, 3.8) is 0 Å². The SMILES string of the molecule is COC(=O)c1cc(C)nc(N2CCC(COc3cccnc3C(F)(F)F)C2)n1. The third-order valence-corrected chi connectivity index (χ3v) is 4.32. The summed E-state index contributed by atoms with van der Waals surface area (Å²) in [5.74, 6) is -0.456. The first kappa shape index (κ1) is 19.8. The van der Waals surface area contributed by atoms with Gasteiger partial charge in [-0.25, -0.2) is 19.7 Å². The maximum atomic E-state index is 13.0. The predicted molar refractivity (Wildman–Crippen MR) is 93.2 cm³/mol. The first-order valence-corrected chi connectivity index (χ1v) is 8.62. The van der Waals surface area contributed by atoms with Crippen molar-refractivity contribution < 1.29 is 27.4 Å². The minimum Gasteiger partial charge on any atom is -0.491 e. The van der Waals surface area contributed by atoms with Crippen molar-refractivity contribution in [1.29, 1.82) is 0 Å². The fourth-order valence-corrected chi connectivity index (χ4v) is 2.98. The summed E-state index contributed by atoms with van der Waals surface area (Å²) in [6.07, 6.45) is -2.79. The van der Waals surface area contributed by atoms with Crippen LogP contribution in [0.15, 0.2) is 24.4 Å². The van der Waals surface area contributed by atoms with Crippen molar-refractivity contribution in [1.82, 2.24) is 15.0 Å². The minimum absolute atomic E-state index is 0.00743. The fourth-order valence-electron chi connectivity index (χ4n) is 2.98. The summed E-state index contributed by atoms with van der Waals surface area (Å²) < 4.78 is 49.1. The highest BCUT2D eigenvalue weighted by atomic mass is 19.4. The van der Waals surface area contributed by atoms with Crippen LogP contribution >= 0.6 is 0 Å². The van der Waals surface area contributed by atoms with Gasteiger partial charge in [0.2, 0.25) is 5.95 Å². The van der Waals surface area contributed by atoms with E-state index in [2.05, 4.69) is 15.0 Å². The van der Waals surface area contributed by atoms with Crippen molar-refractivity contribution in [2.24, 2.45) is 5.92 Å². The Morgan fingerprint density at radius 3 is 2.86 bits per heavy atom. The Morgan fingerprint density at radius 1 is 1.36 bits per heavy atom. The van der Waals surface area contributed by atoms with Crippen molar-refractivity contribution >= 4 is 11.9 Å². The summed E-state index contributed by atoms with van der Waals surface area (Å²) in [5.41, 5.74) is -0.250. The first-order valence-electron chi connectivity index (χ1n) is 8.62. The molecule has 28 heavy (non-hydrogen) atoms. The van der Waals surface area contributed by atoms with Gasteiger partial charge in [-0.2, -0.15) is 13.2 Å². The Morgan fingerprint density at radius 2 is 2.14 bits per heavy atom. The number of anilines is 1. The lowest BCUT2D eigenvalue weighted by atomic mass is 10.1. The van der Waals surface area contributed by atoms with Crippen LogP contribution < -0.4 is 9.64 Å². The number of hydrogen-bond donors (Lipinski definition) is 0. The summed E-state index contributed by atoms with van der Waals surface area (Å²) in [7, 11) is 1.27. The van der Waals surface area contributed by atoms with E-state index in [9.17, 15) is 18.0 Å². The number of methoxy groups -OCH3 is 1. The van der Waals surface area contributed by atoms with E-state index in [0.29, 0.717) is 31.2 Å². The van der Waals surface area contributed by atoms with Gasteiger partial charge in [-0.15, -0.1) is 0 Å². The second-order valence-corrected chi connectivity index (χ2v) is 6.45. The molecule has 0 N–H and O–H groups in total. The normalized spacial score (nSPS) is 16.9. The van der Waals surface area contributed by atoms with E-state index in [1.54, 1.807) is 6.92 Å². The molecule has 0 radical (unpaired) electrons. The molecule has 0 aliphatic carbocycles. The number of nitrogens with zero attached hydrogens (tertiary/aromatic N) is 4. The number of carbonyl (C=O) groups is 1. The molecule has 7 nitrogen and oxygen atoms in total. The van der Waals surface area contributed by atoms with Gasteiger partial charge in [0.25, 0.3) is 0 Å². The number of esters is 1. The van der Waals surface area contributed by atoms with Crippen molar-refractivity contribution in [2.45, 2.75) is 19.5 Å². The molecule has 3 rings (SSSR count). The molecule has 0 aromatic carbocycles. The zero-order valence-corrected chi connectivity index (χ0v) is 15.4. The maximum Gasteiger partial charge on any atom is 0.437 e. The Balaban J connectivity index is 1.66. The van der Waals surface area contributed by atoms with Crippen LogP contribution in [0, 0.1) is 12.8 Å². The third kappa shape index (κ3) is 4.49. The third-order valence-electron chi connectivity index (χ3n) is 4.32. The lowest BCUT2D eigenvalue weighted by Crippen LogP contribution is -2.25. The molecule has 0 spiro atoms. The molecule has 0 amide bonds. The molecule has 2 aromatic rings. The molecule has 1 unspecified atom stereocenters. The fraction of sp³-hybridized carbons (Fsp3) is 0.444. The maximum absolute atomic E-state index is 13.0. The number of halogens is 3. The summed E-state index contributed by atoms with van der Waals surface area (Å²) in [6, 6.07) is 4.20. The summed E-state index contributed by atoms with van der Waals surface area (Å²) in [6.45, 7) is 2.97. The minimum atomic E-state index is -4.57. The smallest absolute Gasteiger partial charge is 0.437 e. The zero-order chi connectivity index (χ0) is 20.3. The first-order chi connectivity index (χ1) is 13.3. The van der Waals surface area contributed by atoms with Gasteiger partial charge in [0.15, 0.2) is 11.4 Å². The molecule has 2 aromatic heterocycles. The Bertz CT molecular complexity index is 860. The van der Waals surface area contributed by atoms with E-state index in [1.165, 1.54) is 25.3 Å². The summed E-state index contributed by atoms with van der Waals surface area (Å²) in [4.78, 5) is 25.5. The number of carbonyl (C=O) groups excluding carboxylic acids is 1. The molecule has 1 atom stereocenters. The topological polar surface area (TPSA) is 77.4 Å². The predicted octanol–water partition coefficient (Wildman–Crippen LogP) is 2.89. The number of rotatable bonds is 5. The monoisotopic (exact) mass is 396 g/mol. The molecule has 1 aliphatic heterocycles. The highest BCUT2D eigenvalue weighted by molar-refractivity contribution is 5.87. The van der Waals surface area contributed by atoms with E-state index in [0.717, 1.165) is 6.20 Å². The van der Waals surface area contributed by atoms with Crippen molar-refractivity contribution in [3.05, 3.63) is 41.5 Å². The van der Waals surface area contributed by atoms with Gasteiger partial charge < -0.3 is 14.4 Å². The number of alkyl halides is 3. The van der Waals surface area contributed by atoms with Crippen LogP contribution in [-0.2, 0) is 10.9 Å². The van der Waals surface area contributed by atoms with Crippen LogP contribution in [0.5, 0.6) is 5.75 Å². The molecule has 150 valence electrons. The lowest BCUT2D eigenvalue weighted by Gasteiger charge is -2.18. The van der Waals surface area contributed by atoms with Crippen LogP contribution in [0.4, 0.5) is 19.1 Å². The van der Waals surface area contributed by atoms with Gasteiger partial charge in [0.05, 0.1) is 13.7 Å². The Kier molecular flexibility index (Phi) is 5.66. The van der Waals surface area contributed by atoms with Crippen LogP contribution in [0.3, 0.4) is 0 Å². The largest absolute Gasteiger partial charge is 0.491 e. The standard InChI is InChI=1S/C18H19F3N4O3/c1-11-8-13(16(26)27-2)24-17(23-11)25-7-5-12(9-25)10-28-14-4-3-6-22-15(14)18(19,20)21/h3-4,6,8,12H,5,7,9-10H2,1-2H3. The van der Waals surface area contributed by atoms with Crippen molar-refractivity contribution in [3.8, 4) is 5.75 Å². The van der Waals surface area contributed by atoms with Gasteiger partial charge in [0, 0.05) is 30.9 Å². The average molecular weight is 396 g/mol. The second-order valence-electron chi connectivity index (χ2n) is 6.45. The number of pyridine rings is 1. The molecule has 0 bridgehead atoms. The zero-order valence-electron chi connectivity index (χ0n) is 15.4. The molecule has 1 saturated heterocycles. The number of aromatic nitrogens is 3. The molecule has 3 heterocycles. The van der Waals surface area contributed by atoms with Crippen molar-refractivity contribution in [2.75, 3.05) is 31.7 Å². The number of aryl methyl sites for hydroxylation is 1. The van der Waals surface area contributed by atoms with Crippen LogP contribution in [0.25, 0.3) is 0 Å². The molecule has 1 fully saturated rings. The average Bonchev–Trinajstić information content (AvgIpc) is 3.14. The van der Waals surface area contributed by atoms with Crippen LogP contribution in [0.2, 0.25) is 0 Å². The summed E-state index contributed by atoms with van der Waals surface area (Å²) in [5, 5.41) is 0. The summed E-state index contributed by atoms with van der Waals surface area (Å²) >= 11 is 0. The van der Waals surface area contributed by atoms with Gasteiger partial charge in [-0.1, -0.05) is 0 Å². The lowest BCUT2D eigenvalue weighted by molar-refractivity contribution is -0.142. The number of hydrogen-bond acceptors (Lipinski definition) is 7. The van der Waals surface area contributed by atoms with Gasteiger partial charge in [0.1, 0.15) is 5.75 Å². The van der Waals surface area contributed by atoms with E-state index in [1.807, 2.05) is 4.90 Å². The highest BCUT2D eigenvalue weighted by Crippen LogP contribution is 2.34. The van der Waals surface area contributed by atoms with E-state index in [-0.39, 0.29) is 24.0 Å². The quantitative estimate of drug-likeness (QED) is 0.719. The Hall–Kier alpha value is -2.91. The molecular weight excluding hydrogens is 377 g/mol. The molecular formula is C18H19F3N4O3. The van der Waals surface area contributed by atoms with E-state index in [4.69, 9.17) is 9.47 Å². The highest BCUT2D eigenvalue weighted by Gasteiger charge is 2.36. The molecule has 1 aliphatic rings. The van der Waals surface area contributed by atoms with Gasteiger partial charge in [-0.05, 0) is 31.5 Å². The number of ether oxygens (including phenoxy) is 2. The molecule has 0 saturated carbocycles. The second kappa shape index (κ2) is 7.99. The van der Waals surface area contributed by atoms with E-state index < -0.39 is 17.8 Å². The van der Waals surface area contributed by atoms with Crippen LogP contribution in [-0.4, -0.2) is 47.7 Å².